The Balaban J connectivity index is 0.00000125. The molecule has 1 heterocycles. The molecule has 2 unspecified atom stereocenters. The Morgan fingerprint density at radius 3 is 2.50 bits per heavy atom. The molecule has 3 aromatic rings. The first-order valence-corrected chi connectivity index (χ1v) is 7.81. The summed E-state index contributed by atoms with van der Waals surface area (Å²) < 4.78 is 0. The molecular weight excluding hydrogens is 446 g/mol. The van der Waals surface area contributed by atoms with Gasteiger partial charge in [-0.2, -0.15) is 0 Å². The number of aromatic nitrogens is 1. The molecule has 0 spiro atoms. The van der Waals surface area contributed by atoms with Gasteiger partial charge in [0.2, 0.25) is 0 Å². The Labute approximate surface area is 144 Å². The van der Waals surface area contributed by atoms with E-state index < -0.39 is 0 Å². The van der Waals surface area contributed by atoms with Crippen molar-refractivity contribution in [2.45, 2.75) is 31.1 Å². The van der Waals surface area contributed by atoms with Gasteiger partial charge in [-0.1, -0.05) is 23.8 Å². The van der Waals surface area contributed by atoms with Gasteiger partial charge >= 0.3 is 0 Å². The second kappa shape index (κ2) is 5.30. The van der Waals surface area contributed by atoms with Crippen LogP contribution in [0.4, 0.5) is 0 Å². The summed E-state index contributed by atoms with van der Waals surface area (Å²) in [5, 5.41) is 1.37. The van der Waals surface area contributed by atoms with E-state index in [-0.39, 0.29) is 20.1 Å². The van der Waals surface area contributed by atoms with Crippen molar-refractivity contribution in [1.82, 2.24) is 4.98 Å². The first-order chi connectivity index (χ1) is 10.4. The average molecular weight is 463 g/mol. The number of hydrogen-bond acceptors (Lipinski definition) is 1. The van der Waals surface area contributed by atoms with Gasteiger partial charge in [0.05, 0.1) is 5.52 Å². The molecule has 1 fully saturated rings. The van der Waals surface area contributed by atoms with Gasteiger partial charge in [-0.05, 0) is 48.4 Å². The molecule has 5 rings (SSSR count). The van der Waals surface area contributed by atoms with Crippen molar-refractivity contribution in [3.05, 3.63) is 65.7 Å². The quantitative estimate of drug-likeness (QED) is 0.461. The molecule has 0 aliphatic heterocycles. The molecule has 111 valence electrons. The molecule has 1 nitrogen and oxygen atoms in total. The number of rotatable bonds is 1. The minimum Gasteiger partial charge on any atom is -0.296 e. The van der Waals surface area contributed by atoms with Crippen LogP contribution in [-0.2, 0) is 20.1 Å². The average Bonchev–Trinajstić information content (AvgIpc) is 3.17. The molecule has 0 amide bonds. The second-order valence-electron chi connectivity index (χ2n) is 6.29. The molecule has 0 saturated heterocycles. The minimum absolute atomic E-state index is 0. The number of hydrogen-bond donors (Lipinski definition) is 0. The van der Waals surface area contributed by atoms with Gasteiger partial charge in [-0.15, -0.1) is 35.9 Å². The van der Waals surface area contributed by atoms with Crippen molar-refractivity contribution in [3.8, 4) is 11.3 Å². The van der Waals surface area contributed by atoms with Crippen LogP contribution in [0.1, 0.15) is 42.2 Å². The van der Waals surface area contributed by atoms with E-state index in [9.17, 15) is 0 Å². The molecule has 1 aromatic heterocycles. The van der Waals surface area contributed by atoms with Crippen LogP contribution in [0.15, 0.2) is 48.5 Å². The summed E-state index contributed by atoms with van der Waals surface area (Å²) >= 11 is 0. The summed E-state index contributed by atoms with van der Waals surface area (Å²) in [6.45, 7) is 0. The molecule has 0 N–H and O–H groups in total. The summed E-state index contributed by atoms with van der Waals surface area (Å²) in [5.41, 5.74) is 6.57. The van der Waals surface area contributed by atoms with Gasteiger partial charge in [0.25, 0.3) is 0 Å². The topological polar surface area (TPSA) is 12.9 Å². The van der Waals surface area contributed by atoms with Crippen LogP contribution in [-0.4, -0.2) is 4.98 Å². The Hall–Kier alpha value is -1.50. The zero-order chi connectivity index (χ0) is 13.8. The van der Waals surface area contributed by atoms with E-state index in [0.717, 1.165) is 17.0 Å². The van der Waals surface area contributed by atoms with Crippen LogP contribution < -0.4 is 0 Å². The Kier molecular flexibility index (Phi) is 3.40. The van der Waals surface area contributed by atoms with Gasteiger partial charge in [0.1, 0.15) is 0 Å². The maximum Gasteiger partial charge on any atom is 0.0598 e. The van der Waals surface area contributed by atoms with Gasteiger partial charge < -0.3 is 0 Å². The Bertz CT molecular complexity index is 841. The third-order valence-corrected chi connectivity index (χ3v) is 5.19. The Morgan fingerprint density at radius 1 is 0.909 bits per heavy atom. The number of pyridine rings is 1. The maximum absolute atomic E-state index is 5.00. The van der Waals surface area contributed by atoms with Gasteiger partial charge in [-0.25, -0.2) is 0 Å². The largest absolute Gasteiger partial charge is 0.296 e. The third-order valence-electron chi connectivity index (χ3n) is 5.19. The summed E-state index contributed by atoms with van der Waals surface area (Å²) in [7, 11) is 0. The van der Waals surface area contributed by atoms with Crippen LogP contribution in [0, 0.1) is 6.07 Å². The second-order valence-corrected chi connectivity index (χ2v) is 6.29. The molecule has 2 aromatic carbocycles. The molecule has 1 radical (unpaired) electrons. The van der Waals surface area contributed by atoms with E-state index in [1.54, 1.807) is 5.56 Å². The van der Waals surface area contributed by atoms with Crippen molar-refractivity contribution >= 4 is 10.9 Å². The van der Waals surface area contributed by atoms with Crippen LogP contribution in [0.2, 0.25) is 0 Å². The molecule has 1 saturated carbocycles. The molecule has 2 atom stereocenters. The first-order valence-electron chi connectivity index (χ1n) is 7.81. The number of para-hydroxylation sites is 1. The van der Waals surface area contributed by atoms with E-state index in [4.69, 9.17) is 4.98 Å². The van der Waals surface area contributed by atoms with Crippen LogP contribution in [0.25, 0.3) is 22.2 Å². The van der Waals surface area contributed by atoms with Gasteiger partial charge in [0, 0.05) is 25.5 Å². The predicted molar refractivity (Wildman–Crippen MR) is 85.3 cm³/mol. The van der Waals surface area contributed by atoms with Crippen molar-refractivity contribution < 1.29 is 20.1 Å². The van der Waals surface area contributed by atoms with E-state index >= 15 is 0 Å². The minimum atomic E-state index is 0. The van der Waals surface area contributed by atoms with E-state index in [0.29, 0.717) is 5.92 Å². The van der Waals surface area contributed by atoms with E-state index in [1.165, 1.54) is 35.9 Å². The zero-order valence-corrected chi connectivity index (χ0v) is 14.6. The molecule has 22 heavy (non-hydrogen) atoms. The van der Waals surface area contributed by atoms with E-state index in [1.807, 2.05) is 12.1 Å². The van der Waals surface area contributed by atoms with Crippen molar-refractivity contribution in [2.24, 2.45) is 0 Å². The third kappa shape index (κ3) is 1.91. The predicted octanol–water partition coefficient (Wildman–Crippen LogP) is 5.06. The normalized spacial score (nSPS) is 21.6. The monoisotopic (exact) mass is 463 g/mol. The number of benzene rings is 2. The van der Waals surface area contributed by atoms with E-state index in [2.05, 4.69) is 42.5 Å². The summed E-state index contributed by atoms with van der Waals surface area (Å²) in [6, 6.07) is 20.3. The fraction of sp³-hybridized carbons (Fsp3) is 0.250. The maximum atomic E-state index is 5.00. The molecule has 2 aliphatic carbocycles. The van der Waals surface area contributed by atoms with Gasteiger partial charge in [0.15, 0.2) is 0 Å². The van der Waals surface area contributed by atoms with Crippen molar-refractivity contribution in [3.63, 3.8) is 0 Å². The smallest absolute Gasteiger partial charge is 0.0598 e. The van der Waals surface area contributed by atoms with Crippen LogP contribution >= 0.6 is 0 Å². The van der Waals surface area contributed by atoms with Gasteiger partial charge in [-0.3, -0.25) is 4.98 Å². The van der Waals surface area contributed by atoms with Crippen molar-refractivity contribution in [1.29, 1.82) is 0 Å². The van der Waals surface area contributed by atoms with Crippen LogP contribution in [0.3, 0.4) is 0 Å². The number of fused-ring (bicyclic) bond motifs is 7. The zero-order valence-electron chi connectivity index (χ0n) is 12.2. The summed E-state index contributed by atoms with van der Waals surface area (Å²) in [6.07, 6.45) is 4.01. The first kappa shape index (κ1) is 14.1. The summed E-state index contributed by atoms with van der Waals surface area (Å²) in [4.78, 5) is 5.00. The van der Waals surface area contributed by atoms with Crippen LogP contribution in [0.5, 0.6) is 0 Å². The molecular formula is C20H16IrN-. The molecule has 2 heteroatoms. The van der Waals surface area contributed by atoms with Crippen molar-refractivity contribution in [2.75, 3.05) is 0 Å². The SMILES string of the molecule is [Ir].[c-]1ccccc1-c1nc2ccccc2c2c1C1CCC2C1. The molecule has 2 bridgehead atoms. The molecule has 2 aliphatic rings. The number of nitrogens with zero attached hydrogens (tertiary/aromatic N) is 1. The Morgan fingerprint density at radius 2 is 1.68 bits per heavy atom. The fourth-order valence-corrected chi connectivity index (χ4v) is 4.36. The summed E-state index contributed by atoms with van der Waals surface area (Å²) in [5.74, 6) is 1.46. The standard InChI is InChI=1S/C20H16N.Ir/c1-2-6-13(7-3-1)20-19-15-11-10-14(12-15)18(19)16-8-4-5-9-17(16)21-20;/h1-6,8-9,14-15H,10-12H2;/q-1;. The fourth-order valence-electron chi connectivity index (χ4n) is 4.36.